The Hall–Kier alpha value is -0.470. The molecule has 0 aromatic heterocycles. The summed E-state index contributed by atoms with van der Waals surface area (Å²) in [6.45, 7) is 5.67. The van der Waals surface area contributed by atoms with Crippen molar-refractivity contribution >= 4 is 11.8 Å². The van der Waals surface area contributed by atoms with Gasteiger partial charge in [0.2, 0.25) is 0 Å². The van der Waals surface area contributed by atoms with Crippen LogP contribution in [0.25, 0.3) is 0 Å². The molecule has 1 atom stereocenters. The maximum atomic E-state index is 3.71. The second-order valence-electron chi connectivity index (χ2n) is 5.13. The third kappa shape index (κ3) is 2.61. The predicted molar refractivity (Wildman–Crippen MR) is 73.1 cm³/mol. The van der Waals surface area contributed by atoms with Crippen LogP contribution in [0.2, 0.25) is 0 Å². The molecule has 0 bridgehead atoms. The Morgan fingerprint density at radius 1 is 1.38 bits per heavy atom. The predicted octanol–water partition coefficient (Wildman–Crippen LogP) is 3.41. The van der Waals surface area contributed by atoms with E-state index in [2.05, 4.69) is 49.7 Å². The molecule has 1 aromatic rings. The normalized spacial score (nSPS) is 19.8. The lowest BCUT2D eigenvalue weighted by molar-refractivity contribution is 0.493. The van der Waals surface area contributed by atoms with E-state index in [0.717, 1.165) is 6.54 Å². The third-order valence-electron chi connectivity index (χ3n) is 3.46. The number of benzene rings is 1. The highest BCUT2D eigenvalue weighted by Crippen LogP contribution is 2.31. The Balaban J connectivity index is 1.99. The minimum atomic E-state index is 0.331. The highest BCUT2D eigenvalue weighted by molar-refractivity contribution is 7.99. The summed E-state index contributed by atoms with van der Waals surface area (Å²) in [5.74, 6) is 0. The first-order valence-electron chi connectivity index (χ1n) is 5.99. The Bertz CT molecular complexity index is 360. The van der Waals surface area contributed by atoms with E-state index in [0.29, 0.717) is 10.8 Å². The molecule has 0 spiro atoms. The van der Waals surface area contributed by atoms with Gasteiger partial charge in [0.05, 0.1) is 0 Å². The third-order valence-corrected chi connectivity index (χ3v) is 4.71. The molecule has 1 aromatic carbocycles. The summed E-state index contributed by atoms with van der Waals surface area (Å²) < 4.78 is 0.331. The van der Waals surface area contributed by atoms with Gasteiger partial charge in [-0.05, 0) is 44.1 Å². The second kappa shape index (κ2) is 4.80. The Labute approximate surface area is 103 Å². The van der Waals surface area contributed by atoms with E-state index in [-0.39, 0.29) is 0 Å². The summed E-state index contributed by atoms with van der Waals surface area (Å²) in [5, 5.41) is 3.71. The molecule has 0 radical (unpaired) electrons. The fraction of sp³-hybridized carbons (Fsp3) is 0.571. The number of hydrogen-bond donors (Lipinski definition) is 1. The van der Waals surface area contributed by atoms with E-state index in [1.807, 2.05) is 11.8 Å². The van der Waals surface area contributed by atoms with Gasteiger partial charge >= 0.3 is 0 Å². The zero-order chi connectivity index (χ0) is 11.6. The van der Waals surface area contributed by atoms with Crippen LogP contribution in [0.5, 0.6) is 0 Å². The van der Waals surface area contributed by atoms with Gasteiger partial charge in [-0.15, -0.1) is 0 Å². The average Bonchev–Trinajstić information content (AvgIpc) is 2.70. The summed E-state index contributed by atoms with van der Waals surface area (Å²) in [6, 6.07) is 9.40. The summed E-state index contributed by atoms with van der Waals surface area (Å²) in [7, 11) is 0. The maximum Gasteiger partial charge on any atom is 0.0326 e. The largest absolute Gasteiger partial charge is 0.309 e. The van der Waals surface area contributed by atoms with Gasteiger partial charge in [0.1, 0.15) is 0 Å². The second-order valence-corrected chi connectivity index (χ2v) is 6.65. The molecule has 1 N–H and O–H groups in total. The topological polar surface area (TPSA) is 12.0 Å². The number of thioether (sulfide) groups is 1. The first kappa shape index (κ1) is 12.0. The van der Waals surface area contributed by atoms with E-state index >= 15 is 0 Å². The Morgan fingerprint density at radius 3 is 2.88 bits per heavy atom. The molecule has 0 saturated heterocycles. The van der Waals surface area contributed by atoms with Gasteiger partial charge in [0.25, 0.3) is 0 Å². The maximum absolute atomic E-state index is 3.71. The molecule has 0 heterocycles. The quantitative estimate of drug-likeness (QED) is 0.858. The molecule has 0 fully saturated rings. The van der Waals surface area contributed by atoms with Crippen LogP contribution in [-0.4, -0.2) is 17.5 Å². The van der Waals surface area contributed by atoms with Crippen molar-refractivity contribution < 1.29 is 0 Å². The van der Waals surface area contributed by atoms with Crippen LogP contribution in [0.15, 0.2) is 24.3 Å². The smallest absolute Gasteiger partial charge is 0.0326 e. The van der Waals surface area contributed by atoms with E-state index in [9.17, 15) is 0 Å². The van der Waals surface area contributed by atoms with Crippen LogP contribution < -0.4 is 5.32 Å². The van der Waals surface area contributed by atoms with E-state index < -0.39 is 0 Å². The average molecular weight is 235 g/mol. The summed E-state index contributed by atoms with van der Waals surface area (Å²) in [4.78, 5) is 0. The number of fused-ring (bicyclic) bond motifs is 1. The highest BCUT2D eigenvalue weighted by Gasteiger charge is 2.24. The lowest BCUT2D eigenvalue weighted by Crippen LogP contribution is -2.33. The van der Waals surface area contributed by atoms with Crippen molar-refractivity contribution in [2.24, 2.45) is 0 Å². The molecular formula is C14H21NS. The molecule has 0 amide bonds. The van der Waals surface area contributed by atoms with Gasteiger partial charge in [0.15, 0.2) is 0 Å². The number of nitrogens with one attached hydrogen (secondary N) is 1. The highest BCUT2D eigenvalue weighted by atomic mass is 32.2. The minimum absolute atomic E-state index is 0.331. The molecule has 1 aliphatic carbocycles. The first-order chi connectivity index (χ1) is 7.62. The van der Waals surface area contributed by atoms with Gasteiger partial charge in [-0.3, -0.25) is 0 Å². The van der Waals surface area contributed by atoms with Crippen LogP contribution in [0, 0.1) is 0 Å². The van der Waals surface area contributed by atoms with Crippen LogP contribution in [-0.2, 0) is 6.42 Å². The number of aryl methyl sites for hydroxylation is 1. The van der Waals surface area contributed by atoms with Gasteiger partial charge in [-0.1, -0.05) is 24.3 Å². The fourth-order valence-electron chi connectivity index (χ4n) is 2.21. The molecule has 1 unspecified atom stereocenters. The van der Waals surface area contributed by atoms with E-state index in [4.69, 9.17) is 0 Å². The van der Waals surface area contributed by atoms with Crippen molar-refractivity contribution in [3.05, 3.63) is 35.4 Å². The van der Waals surface area contributed by atoms with E-state index in [1.165, 1.54) is 24.0 Å². The van der Waals surface area contributed by atoms with Crippen molar-refractivity contribution in [2.45, 2.75) is 37.5 Å². The zero-order valence-electron chi connectivity index (χ0n) is 10.4. The van der Waals surface area contributed by atoms with Crippen molar-refractivity contribution in [3.8, 4) is 0 Å². The van der Waals surface area contributed by atoms with Crippen LogP contribution in [0.1, 0.15) is 37.4 Å². The van der Waals surface area contributed by atoms with Crippen LogP contribution >= 0.6 is 11.8 Å². The number of rotatable bonds is 4. The first-order valence-corrected chi connectivity index (χ1v) is 7.21. The Kier molecular flexibility index (Phi) is 3.60. The fourth-order valence-corrected chi connectivity index (χ4v) is 2.44. The molecule has 2 rings (SSSR count). The zero-order valence-corrected chi connectivity index (χ0v) is 11.2. The summed E-state index contributed by atoms with van der Waals surface area (Å²) in [6.07, 6.45) is 4.67. The van der Waals surface area contributed by atoms with Gasteiger partial charge < -0.3 is 5.32 Å². The van der Waals surface area contributed by atoms with Crippen molar-refractivity contribution in [2.75, 3.05) is 12.8 Å². The Morgan fingerprint density at radius 2 is 2.12 bits per heavy atom. The SMILES string of the molecule is CSC(C)(C)CNC1CCc2ccccc21. The van der Waals surface area contributed by atoms with Gasteiger partial charge in [-0.2, -0.15) is 11.8 Å². The minimum Gasteiger partial charge on any atom is -0.309 e. The molecule has 0 aliphatic heterocycles. The van der Waals surface area contributed by atoms with Crippen molar-refractivity contribution in [1.82, 2.24) is 5.32 Å². The molecule has 0 saturated carbocycles. The van der Waals surface area contributed by atoms with Crippen molar-refractivity contribution in [3.63, 3.8) is 0 Å². The molecule has 2 heteroatoms. The molecule has 1 nitrogen and oxygen atoms in total. The lowest BCUT2D eigenvalue weighted by atomic mass is 10.1. The van der Waals surface area contributed by atoms with Gasteiger partial charge in [0, 0.05) is 17.3 Å². The number of hydrogen-bond acceptors (Lipinski definition) is 2. The molecule has 1 aliphatic rings. The monoisotopic (exact) mass is 235 g/mol. The van der Waals surface area contributed by atoms with Crippen molar-refractivity contribution in [1.29, 1.82) is 0 Å². The molecule has 16 heavy (non-hydrogen) atoms. The van der Waals surface area contributed by atoms with Gasteiger partial charge in [-0.25, -0.2) is 0 Å². The summed E-state index contributed by atoms with van der Waals surface area (Å²) in [5.41, 5.74) is 3.04. The van der Waals surface area contributed by atoms with Crippen LogP contribution in [0.4, 0.5) is 0 Å². The summed E-state index contributed by atoms with van der Waals surface area (Å²) >= 11 is 1.93. The van der Waals surface area contributed by atoms with E-state index in [1.54, 1.807) is 0 Å². The van der Waals surface area contributed by atoms with Crippen LogP contribution in [0.3, 0.4) is 0 Å². The lowest BCUT2D eigenvalue weighted by Gasteiger charge is -2.25. The molecular weight excluding hydrogens is 214 g/mol. The molecule has 88 valence electrons. The standard InChI is InChI=1S/C14H21NS/c1-14(2,16-3)10-15-13-9-8-11-6-4-5-7-12(11)13/h4-7,13,15H,8-10H2,1-3H3.